The van der Waals surface area contributed by atoms with Crippen LogP contribution in [0, 0.1) is 0 Å². The fourth-order valence-electron chi connectivity index (χ4n) is 3.08. The van der Waals surface area contributed by atoms with Gasteiger partial charge in [0.05, 0.1) is 18.1 Å². The summed E-state index contributed by atoms with van der Waals surface area (Å²) in [5, 5.41) is 13.4. The van der Waals surface area contributed by atoms with Gasteiger partial charge in [-0.05, 0) is 24.3 Å². The topological polar surface area (TPSA) is 91.3 Å². The van der Waals surface area contributed by atoms with E-state index in [0.717, 1.165) is 26.2 Å². The highest BCUT2D eigenvalue weighted by atomic mass is 32.2. The number of benzene rings is 1. The molecule has 2 N–H and O–H groups in total. The molecule has 1 aromatic rings. The highest BCUT2D eigenvalue weighted by Gasteiger charge is 2.26. The molecular weight excluding hydrogens is 358 g/mol. The number of rotatable bonds is 7. The van der Waals surface area contributed by atoms with E-state index in [1.165, 1.54) is 4.31 Å². The van der Waals surface area contributed by atoms with Crippen LogP contribution in [0.5, 0.6) is 5.75 Å². The molecule has 2 aliphatic heterocycles. The minimum atomic E-state index is -3.49. The molecular formula is C17H27N3O5S. The summed E-state index contributed by atoms with van der Waals surface area (Å²) in [6, 6.07) is 6.35. The number of aliphatic hydroxyl groups is 1. The van der Waals surface area contributed by atoms with Gasteiger partial charge in [0, 0.05) is 45.8 Å². The molecule has 2 aliphatic rings. The second-order valence-electron chi connectivity index (χ2n) is 6.50. The summed E-state index contributed by atoms with van der Waals surface area (Å²) in [7, 11) is -3.49. The van der Waals surface area contributed by atoms with Crippen LogP contribution in [0.4, 0.5) is 0 Å². The van der Waals surface area contributed by atoms with Gasteiger partial charge in [0.2, 0.25) is 10.0 Å². The Kier molecular flexibility index (Phi) is 6.85. The molecule has 0 aliphatic carbocycles. The minimum Gasteiger partial charge on any atom is -0.491 e. The van der Waals surface area contributed by atoms with Gasteiger partial charge in [0.25, 0.3) is 0 Å². The van der Waals surface area contributed by atoms with Crippen molar-refractivity contribution in [2.45, 2.75) is 11.0 Å². The van der Waals surface area contributed by atoms with Gasteiger partial charge in [-0.1, -0.05) is 0 Å². The van der Waals surface area contributed by atoms with Crippen LogP contribution in [0.15, 0.2) is 29.2 Å². The van der Waals surface area contributed by atoms with Crippen LogP contribution in [0.1, 0.15) is 0 Å². The summed E-state index contributed by atoms with van der Waals surface area (Å²) < 4.78 is 37.4. The number of aliphatic hydroxyl groups excluding tert-OH is 1. The maximum absolute atomic E-state index is 12.6. The summed E-state index contributed by atoms with van der Waals surface area (Å²) in [5.41, 5.74) is 0. The SMILES string of the molecule is O=S(=O)(c1ccc(OCC(O)CN2CCNCC2)cc1)N1CCOCC1. The lowest BCUT2D eigenvalue weighted by Gasteiger charge is -2.29. The quantitative estimate of drug-likeness (QED) is 0.645. The number of β-amino-alcohol motifs (C(OH)–C–C–N with tert-alkyl or cyclic N) is 1. The zero-order chi connectivity index (χ0) is 18.4. The normalized spacial score (nSPS) is 21.4. The number of nitrogens with one attached hydrogen (secondary N) is 1. The third-order valence-electron chi connectivity index (χ3n) is 4.55. The van der Waals surface area contributed by atoms with E-state index in [0.29, 0.717) is 38.6 Å². The molecule has 3 rings (SSSR count). The van der Waals surface area contributed by atoms with Crippen LogP contribution in [-0.4, -0.2) is 94.5 Å². The van der Waals surface area contributed by atoms with E-state index in [-0.39, 0.29) is 11.5 Å². The largest absolute Gasteiger partial charge is 0.491 e. The Morgan fingerprint density at radius 3 is 2.42 bits per heavy atom. The van der Waals surface area contributed by atoms with Crippen molar-refractivity contribution in [3.63, 3.8) is 0 Å². The molecule has 0 bridgehead atoms. The Balaban J connectivity index is 1.50. The Bertz CT molecular complexity index is 655. The van der Waals surface area contributed by atoms with Crippen LogP contribution in [0.3, 0.4) is 0 Å². The lowest BCUT2D eigenvalue weighted by Crippen LogP contribution is -2.47. The highest BCUT2D eigenvalue weighted by Crippen LogP contribution is 2.20. The van der Waals surface area contributed by atoms with Gasteiger partial charge in [-0.15, -0.1) is 0 Å². The van der Waals surface area contributed by atoms with Crippen molar-refractivity contribution < 1.29 is 23.0 Å². The van der Waals surface area contributed by atoms with E-state index >= 15 is 0 Å². The average molecular weight is 385 g/mol. The molecule has 2 fully saturated rings. The average Bonchev–Trinajstić information content (AvgIpc) is 2.68. The van der Waals surface area contributed by atoms with Crippen LogP contribution >= 0.6 is 0 Å². The Labute approximate surface area is 154 Å². The summed E-state index contributed by atoms with van der Waals surface area (Å²) >= 11 is 0. The zero-order valence-electron chi connectivity index (χ0n) is 14.8. The van der Waals surface area contributed by atoms with Gasteiger partial charge < -0.3 is 19.9 Å². The zero-order valence-corrected chi connectivity index (χ0v) is 15.7. The lowest BCUT2D eigenvalue weighted by atomic mass is 10.3. The number of hydrogen-bond acceptors (Lipinski definition) is 7. The van der Waals surface area contributed by atoms with Crippen LogP contribution in [-0.2, 0) is 14.8 Å². The molecule has 8 nitrogen and oxygen atoms in total. The number of sulfonamides is 1. The molecule has 0 amide bonds. The molecule has 1 aromatic carbocycles. The Hall–Kier alpha value is -1.23. The van der Waals surface area contributed by atoms with Crippen molar-refractivity contribution in [3.8, 4) is 5.75 Å². The number of hydrogen-bond donors (Lipinski definition) is 2. The molecule has 0 saturated carbocycles. The third kappa shape index (κ3) is 5.15. The molecule has 9 heteroatoms. The van der Waals surface area contributed by atoms with E-state index in [2.05, 4.69) is 10.2 Å². The highest BCUT2D eigenvalue weighted by molar-refractivity contribution is 7.89. The number of morpholine rings is 1. The summed E-state index contributed by atoms with van der Waals surface area (Å²) in [6.07, 6.45) is -0.579. The van der Waals surface area contributed by atoms with E-state index in [9.17, 15) is 13.5 Å². The number of nitrogens with zero attached hydrogens (tertiary/aromatic N) is 2. The van der Waals surface area contributed by atoms with Crippen molar-refractivity contribution in [2.24, 2.45) is 0 Å². The third-order valence-corrected chi connectivity index (χ3v) is 6.47. The minimum absolute atomic E-state index is 0.180. The first kappa shape index (κ1) is 19.5. The van der Waals surface area contributed by atoms with Gasteiger partial charge in [-0.3, -0.25) is 4.90 Å². The maximum Gasteiger partial charge on any atom is 0.243 e. The lowest BCUT2D eigenvalue weighted by molar-refractivity contribution is 0.0641. The van der Waals surface area contributed by atoms with Gasteiger partial charge in [-0.25, -0.2) is 8.42 Å². The van der Waals surface area contributed by atoms with Gasteiger partial charge >= 0.3 is 0 Å². The number of ether oxygens (including phenoxy) is 2. The first-order valence-corrected chi connectivity index (χ1v) is 10.4. The predicted octanol–water partition coefficient (Wildman–Crippen LogP) is -0.648. The molecule has 0 spiro atoms. The van der Waals surface area contributed by atoms with Gasteiger partial charge in [-0.2, -0.15) is 4.31 Å². The fraction of sp³-hybridized carbons (Fsp3) is 0.647. The molecule has 0 radical (unpaired) electrons. The van der Waals surface area contributed by atoms with Crippen LogP contribution < -0.4 is 10.1 Å². The molecule has 2 saturated heterocycles. The van der Waals surface area contributed by atoms with Gasteiger partial charge in [0.1, 0.15) is 18.5 Å². The van der Waals surface area contributed by atoms with Crippen molar-refractivity contribution >= 4 is 10.0 Å². The van der Waals surface area contributed by atoms with Gasteiger partial charge in [0.15, 0.2) is 0 Å². The van der Waals surface area contributed by atoms with E-state index < -0.39 is 16.1 Å². The maximum atomic E-state index is 12.6. The number of piperazine rings is 1. The van der Waals surface area contributed by atoms with E-state index in [4.69, 9.17) is 9.47 Å². The molecule has 146 valence electrons. The molecule has 26 heavy (non-hydrogen) atoms. The van der Waals surface area contributed by atoms with Crippen LogP contribution in [0.25, 0.3) is 0 Å². The van der Waals surface area contributed by atoms with Crippen LogP contribution in [0.2, 0.25) is 0 Å². The standard InChI is InChI=1S/C17H27N3O5S/c21-15(13-19-7-5-18-6-8-19)14-25-16-1-3-17(4-2-16)26(22,23)20-9-11-24-12-10-20/h1-4,15,18,21H,5-14H2. The second-order valence-corrected chi connectivity index (χ2v) is 8.44. The van der Waals surface area contributed by atoms with E-state index in [1.807, 2.05) is 0 Å². The van der Waals surface area contributed by atoms with Crippen molar-refractivity contribution in [1.29, 1.82) is 0 Å². The molecule has 2 heterocycles. The molecule has 0 aromatic heterocycles. The van der Waals surface area contributed by atoms with Crippen molar-refractivity contribution in [2.75, 3.05) is 65.6 Å². The Morgan fingerprint density at radius 1 is 1.12 bits per heavy atom. The molecule has 1 atom stereocenters. The van der Waals surface area contributed by atoms with E-state index in [1.54, 1.807) is 24.3 Å². The first-order valence-electron chi connectivity index (χ1n) is 8.97. The monoisotopic (exact) mass is 385 g/mol. The van der Waals surface area contributed by atoms with Crippen molar-refractivity contribution in [3.05, 3.63) is 24.3 Å². The summed E-state index contributed by atoms with van der Waals surface area (Å²) in [5.74, 6) is 0.547. The first-order chi connectivity index (χ1) is 12.6. The molecule has 1 unspecified atom stereocenters. The summed E-state index contributed by atoms with van der Waals surface area (Å²) in [4.78, 5) is 2.44. The van der Waals surface area contributed by atoms with Crippen molar-refractivity contribution in [1.82, 2.24) is 14.5 Å². The Morgan fingerprint density at radius 2 is 1.77 bits per heavy atom. The smallest absolute Gasteiger partial charge is 0.243 e. The predicted molar refractivity (Wildman–Crippen MR) is 96.8 cm³/mol. The fourth-order valence-corrected chi connectivity index (χ4v) is 4.49. The second kappa shape index (κ2) is 9.12. The summed E-state index contributed by atoms with van der Waals surface area (Å²) in [6.45, 7) is 6.06.